The first kappa shape index (κ1) is 24.1. The van der Waals surface area contributed by atoms with Gasteiger partial charge in [0.25, 0.3) is 5.91 Å². The van der Waals surface area contributed by atoms with E-state index in [4.69, 9.17) is 4.98 Å². The third-order valence-electron chi connectivity index (χ3n) is 7.44. The van der Waals surface area contributed by atoms with Crippen molar-refractivity contribution in [2.75, 3.05) is 47.0 Å². The van der Waals surface area contributed by atoms with E-state index < -0.39 is 9.84 Å². The predicted molar refractivity (Wildman–Crippen MR) is 140 cm³/mol. The molecule has 7 nitrogen and oxygen atoms in total. The summed E-state index contributed by atoms with van der Waals surface area (Å²) in [6.45, 7) is 9.53. The zero-order valence-corrected chi connectivity index (χ0v) is 21.8. The number of carbonyl (C=O) groups is 1. The molecule has 1 aromatic carbocycles. The summed E-state index contributed by atoms with van der Waals surface area (Å²) >= 11 is 0. The first-order valence-corrected chi connectivity index (χ1v) is 14.3. The fourth-order valence-electron chi connectivity index (χ4n) is 5.07. The van der Waals surface area contributed by atoms with Crippen molar-refractivity contribution in [1.82, 2.24) is 4.98 Å². The lowest BCUT2D eigenvalue weighted by Crippen LogP contribution is -2.39. The van der Waals surface area contributed by atoms with Crippen molar-refractivity contribution in [3.63, 3.8) is 0 Å². The van der Waals surface area contributed by atoms with Crippen LogP contribution in [0, 0.1) is 10.8 Å². The lowest BCUT2D eigenvalue weighted by Gasteiger charge is -2.36. The highest BCUT2D eigenvalue weighted by molar-refractivity contribution is 7.91. The second-order valence-corrected chi connectivity index (χ2v) is 13.7. The Bertz CT molecular complexity index is 1220. The lowest BCUT2D eigenvalue weighted by molar-refractivity contribution is 0.102. The molecule has 1 spiro atoms. The SMILES string of the molecule is CC(C)(C)CS(=O)(=O)c1cccc(NC(=O)c2ccc(N3CCC3)nc2N2CCC3(CC2)CC3)c1. The van der Waals surface area contributed by atoms with Crippen molar-refractivity contribution in [3.8, 4) is 0 Å². The van der Waals surface area contributed by atoms with Gasteiger partial charge in [0.1, 0.15) is 11.6 Å². The van der Waals surface area contributed by atoms with Crippen LogP contribution in [0.1, 0.15) is 63.2 Å². The zero-order valence-electron chi connectivity index (χ0n) is 21.0. The molecule has 1 aromatic heterocycles. The number of nitrogens with zero attached hydrogens (tertiary/aromatic N) is 3. The molecule has 0 bridgehead atoms. The second kappa shape index (κ2) is 8.80. The molecule has 0 unspecified atom stereocenters. The summed E-state index contributed by atoms with van der Waals surface area (Å²) in [4.78, 5) is 23.1. The Morgan fingerprint density at radius 1 is 1.00 bits per heavy atom. The molecule has 0 atom stereocenters. The van der Waals surface area contributed by atoms with Crippen LogP contribution in [0.15, 0.2) is 41.3 Å². The quantitative estimate of drug-likeness (QED) is 0.622. The number of hydrogen-bond donors (Lipinski definition) is 1. The van der Waals surface area contributed by atoms with E-state index in [1.807, 2.05) is 32.9 Å². The minimum Gasteiger partial charge on any atom is -0.356 e. The van der Waals surface area contributed by atoms with Gasteiger partial charge in [0, 0.05) is 31.9 Å². The molecule has 1 amide bonds. The van der Waals surface area contributed by atoms with Crippen LogP contribution in [0.4, 0.5) is 17.3 Å². The smallest absolute Gasteiger partial charge is 0.259 e. The van der Waals surface area contributed by atoms with Crippen LogP contribution in [0.2, 0.25) is 0 Å². The number of carbonyl (C=O) groups excluding carboxylic acids is 1. The van der Waals surface area contributed by atoms with E-state index in [-0.39, 0.29) is 22.0 Å². The molecule has 3 fully saturated rings. The number of amides is 1. The third-order valence-corrected chi connectivity index (χ3v) is 9.66. The Morgan fingerprint density at radius 3 is 2.31 bits per heavy atom. The minimum atomic E-state index is -3.46. The molecule has 2 aromatic rings. The Hall–Kier alpha value is -2.61. The summed E-state index contributed by atoms with van der Waals surface area (Å²) in [6, 6.07) is 10.3. The Balaban J connectivity index is 1.39. The van der Waals surface area contributed by atoms with E-state index >= 15 is 0 Å². The molecule has 3 aliphatic rings. The van der Waals surface area contributed by atoms with Crippen LogP contribution < -0.4 is 15.1 Å². The van der Waals surface area contributed by atoms with Gasteiger partial charge in [-0.15, -0.1) is 0 Å². The number of benzene rings is 1. The first-order chi connectivity index (χ1) is 16.5. The van der Waals surface area contributed by atoms with Gasteiger partial charge in [0.2, 0.25) is 0 Å². The van der Waals surface area contributed by atoms with E-state index in [0.717, 1.165) is 50.7 Å². The molecule has 0 radical (unpaired) electrons. The Morgan fingerprint density at radius 2 is 1.71 bits per heavy atom. The average molecular weight is 497 g/mol. The van der Waals surface area contributed by atoms with Crippen molar-refractivity contribution in [1.29, 1.82) is 0 Å². The monoisotopic (exact) mass is 496 g/mol. The van der Waals surface area contributed by atoms with Crippen LogP contribution in [0.5, 0.6) is 0 Å². The molecule has 35 heavy (non-hydrogen) atoms. The van der Waals surface area contributed by atoms with Gasteiger partial charge in [-0.25, -0.2) is 13.4 Å². The lowest BCUT2D eigenvalue weighted by atomic mass is 9.93. The molecule has 1 aliphatic carbocycles. The fourth-order valence-corrected chi connectivity index (χ4v) is 6.97. The molecule has 8 heteroatoms. The van der Waals surface area contributed by atoms with Crippen LogP contribution in [0.3, 0.4) is 0 Å². The van der Waals surface area contributed by atoms with Gasteiger partial charge in [-0.05, 0) is 73.3 Å². The number of sulfone groups is 1. The molecule has 5 rings (SSSR count). The standard InChI is InChI=1S/C27H36N4O3S/c1-26(2,3)19-35(33,34)21-7-4-6-20(18-21)28-25(32)22-8-9-23(30-14-5-15-30)29-24(22)31-16-12-27(10-11-27)13-17-31/h4,6-9,18H,5,10-17,19H2,1-3H3,(H,28,32). The summed E-state index contributed by atoms with van der Waals surface area (Å²) in [5.74, 6) is 1.43. The van der Waals surface area contributed by atoms with Crippen molar-refractivity contribution >= 4 is 33.1 Å². The number of anilines is 3. The highest BCUT2D eigenvalue weighted by Crippen LogP contribution is 2.54. The van der Waals surface area contributed by atoms with Crippen molar-refractivity contribution < 1.29 is 13.2 Å². The summed E-state index contributed by atoms with van der Waals surface area (Å²) in [7, 11) is -3.46. The molecule has 1 N–H and O–H groups in total. The molecule has 188 valence electrons. The summed E-state index contributed by atoms with van der Waals surface area (Å²) in [5.41, 5.74) is 1.18. The van der Waals surface area contributed by atoms with Gasteiger partial charge in [-0.1, -0.05) is 26.8 Å². The molecule has 1 saturated carbocycles. The minimum absolute atomic E-state index is 0.0415. The summed E-state index contributed by atoms with van der Waals surface area (Å²) < 4.78 is 25.8. The Kier molecular flexibility index (Phi) is 6.06. The maximum Gasteiger partial charge on any atom is 0.259 e. The fraction of sp³-hybridized carbons (Fsp3) is 0.556. The van der Waals surface area contributed by atoms with Gasteiger partial charge < -0.3 is 15.1 Å². The highest BCUT2D eigenvalue weighted by Gasteiger charge is 2.45. The number of aromatic nitrogens is 1. The molecule has 2 aliphatic heterocycles. The van der Waals surface area contributed by atoms with Crippen molar-refractivity contribution in [3.05, 3.63) is 42.0 Å². The molecule has 2 saturated heterocycles. The maximum atomic E-state index is 13.4. The zero-order chi connectivity index (χ0) is 24.8. The number of piperidine rings is 1. The topological polar surface area (TPSA) is 82.6 Å². The van der Waals surface area contributed by atoms with Crippen molar-refractivity contribution in [2.24, 2.45) is 10.8 Å². The summed E-state index contributed by atoms with van der Waals surface area (Å²) in [6.07, 6.45) is 6.11. The third kappa shape index (κ3) is 5.32. The van der Waals surface area contributed by atoms with Gasteiger partial charge in [0.05, 0.1) is 16.2 Å². The van der Waals surface area contributed by atoms with E-state index in [9.17, 15) is 13.2 Å². The van der Waals surface area contributed by atoms with E-state index in [1.165, 1.54) is 19.3 Å². The van der Waals surface area contributed by atoms with E-state index in [0.29, 0.717) is 16.7 Å². The first-order valence-electron chi connectivity index (χ1n) is 12.7. The largest absolute Gasteiger partial charge is 0.356 e. The highest BCUT2D eigenvalue weighted by atomic mass is 32.2. The van der Waals surface area contributed by atoms with E-state index in [2.05, 4.69) is 15.1 Å². The van der Waals surface area contributed by atoms with Crippen molar-refractivity contribution in [2.45, 2.75) is 57.8 Å². The van der Waals surface area contributed by atoms with Crippen LogP contribution in [-0.4, -0.2) is 51.2 Å². The number of rotatable bonds is 6. The average Bonchev–Trinajstić information content (AvgIpc) is 3.50. The number of hydrogen-bond acceptors (Lipinski definition) is 6. The molecular weight excluding hydrogens is 460 g/mol. The summed E-state index contributed by atoms with van der Waals surface area (Å²) in [5, 5.41) is 2.93. The number of nitrogens with one attached hydrogen (secondary N) is 1. The molecule has 3 heterocycles. The van der Waals surface area contributed by atoms with Crippen LogP contribution in [-0.2, 0) is 9.84 Å². The van der Waals surface area contributed by atoms with Gasteiger partial charge in [-0.3, -0.25) is 4.79 Å². The predicted octanol–water partition coefficient (Wildman–Crippen LogP) is 4.74. The normalized spacial score (nSPS) is 19.4. The van der Waals surface area contributed by atoms with Crippen LogP contribution in [0.25, 0.3) is 0 Å². The number of pyridine rings is 1. The van der Waals surface area contributed by atoms with Gasteiger partial charge >= 0.3 is 0 Å². The van der Waals surface area contributed by atoms with Gasteiger partial charge in [0.15, 0.2) is 9.84 Å². The second-order valence-electron chi connectivity index (χ2n) is 11.7. The Labute approximate surface area is 208 Å². The molecular formula is C27H36N4O3S. The van der Waals surface area contributed by atoms with Crippen LogP contribution >= 0.6 is 0 Å². The van der Waals surface area contributed by atoms with E-state index in [1.54, 1.807) is 24.3 Å². The maximum absolute atomic E-state index is 13.4. The van der Waals surface area contributed by atoms with Gasteiger partial charge in [-0.2, -0.15) is 0 Å².